The zero-order chi connectivity index (χ0) is 18.4. The molecule has 2 N–H and O–H groups in total. The number of benzene rings is 1. The molecule has 1 aliphatic rings. The van der Waals surface area contributed by atoms with Crippen LogP contribution in [0.15, 0.2) is 40.7 Å². The summed E-state index contributed by atoms with van der Waals surface area (Å²) in [6.45, 7) is 5.44. The predicted octanol–water partition coefficient (Wildman–Crippen LogP) is 2.97. The first-order valence-corrected chi connectivity index (χ1v) is 9.64. The van der Waals surface area contributed by atoms with E-state index in [1.807, 2.05) is 17.4 Å². The van der Waals surface area contributed by atoms with Crippen LogP contribution in [0, 0.1) is 0 Å². The Kier molecular flexibility index (Phi) is 8.65. The number of thiophene rings is 1. The lowest BCUT2D eigenvalue weighted by Crippen LogP contribution is -2.51. The van der Waals surface area contributed by atoms with Gasteiger partial charge >= 0.3 is 0 Å². The molecule has 1 fully saturated rings. The summed E-state index contributed by atoms with van der Waals surface area (Å²) in [6, 6.07) is 9.55. The molecule has 0 aliphatic carbocycles. The van der Waals surface area contributed by atoms with Crippen LogP contribution in [-0.4, -0.2) is 61.2 Å². The molecule has 0 amide bonds. The van der Waals surface area contributed by atoms with Gasteiger partial charge in [-0.25, -0.2) is 0 Å². The van der Waals surface area contributed by atoms with Crippen LogP contribution < -0.4 is 10.1 Å². The number of hydrogen-bond acceptors (Lipinski definition) is 5. The van der Waals surface area contributed by atoms with Gasteiger partial charge in [0.05, 0.1) is 7.11 Å². The zero-order valence-corrected chi connectivity index (χ0v) is 18.9. The first-order chi connectivity index (χ1) is 12.7. The molecule has 0 radical (unpaired) electrons. The monoisotopic (exact) mass is 502 g/mol. The molecular weight excluding hydrogens is 475 g/mol. The summed E-state index contributed by atoms with van der Waals surface area (Å²) in [4.78, 5) is 10.6. The molecule has 3 rings (SSSR count). The maximum absolute atomic E-state index is 10.0. The molecule has 8 heteroatoms. The molecular formula is C19H27IN4O2S. The molecule has 27 heavy (non-hydrogen) atoms. The highest BCUT2D eigenvalue weighted by molar-refractivity contribution is 14.0. The fourth-order valence-electron chi connectivity index (χ4n) is 3.08. The molecule has 2 aromatic rings. The molecule has 0 unspecified atom stereocenters. The van der Waals surface area contributed by atoms with Gasteiger partial charge in [0.2, 0.25) is 0 Å². The fraction of sp³-hybridized carbons (Fsp3) is 0.421. The lowest BCUT2D eigenvalue weighted by atomic mass is 10.2. The zero-order valence-electron chi connectivity index (χ0n) is 15.7. The highest BCUT2D eigenvalue weighted by Crippen LogP contribution is 2.22. The Bertz CT molecular complexity index is 731. The third-order valence-corrected chi connectivity index (χ3v) is 5.43. The number of rotatable bonds is 5. The van der Waals surface area contributed by atoms with Crippen LogP contribution in [0.1, 0.15) is 10.4 Å². The minimum Gasteiger partial charge on any atom is -0.508 e. The van der Waals surface area contributed by atoms with Gasteiger partial charge in [-0.05, 0) is 29.6 Å². The first-order valence-electron chi connectivity index (χ1n) is 8.76. The number of methoxy groups -OCH3 is 1. The second kappa shape index (κ2) is 10.7. The number of piperazine rings is 1. The molecule has 6 nitrogen and oxygen atoms in total. The van der Waals surface area contributed by atoms with E-state index >= 15 is 0 Å². The lowest BCUT2D eigenvalue weighted by Gasteiger charge is -2.36. The van der Waals surface area contributed by atoms with Gasteiger partial charge in [0.25, 0.3) is 0 Å². The van der Waals surface area contributed by atoms with E-state index in [0.717, 1.165) is 50.0 Å². The smallest absolute Gasteiger partial charge is 0.194 e. The Hall–Kier alpha value is -1.52. The maximum atomic E-state index is 10.0. The molecule has 1 aliphatic heterocycles. The van der Waals surface area contributed by atoms with Crippen molar-refractivity contribution in [1.29, 1.82) is 0 Å². The summed E-state index contributed by atoms with van der Waals surface area (Å²) in [7, 11) is 3.42. The predicted molar refractivity (Wildman–Crippen MR) is 121 cm³/mol. The van der Waals surface area contributed by atoms with Crippen LogP contribution >= 0.6 is 35.3 Å². The molecule has 1 aromatic heterocycles. The Morgan fingerprint density at radius 3 is 2.67 bits per heavy atom. The molecule has 0 bridgehead atoms. The van der Waals surface area contributed by atoms with Crippen molar-refractivity contribution in [1.82, 2.24) is 15.1 Å². The van der Waals surface area contributed by atoms with Crippen molar-refractivity contribution in [2.24, 2.45) is 4.99 Å². The first kappa shape index (κ1) is 21.8. The summed E-state index contributed by atoms with van der Waals surface area (Å²) in [6.07, 6.45) is 0. The van der Waals surface area contributed by atoms with Crippen LogP contribution in [0.2, 0.25) is 0 Å². The number of guanidine groups is 1. The van der Waals surface area contributed by atoms with E-state index in [1.54, 1.807) is 26.3 Å². The number of nitrogens with zero attached hydrogens (tertiary/aromatic N) is 3. The van der Waals surface area contributed by atoms with Crippen LogP contribution in [0.4, 0.5) is 0 Å². The maximum Gasteiger partial charge on any atom is 0.194 e. The van der Waals surface area contributed by atoms with Crippen molar-refractivity contribution >= 4 is 41.3 Å². The summed E-state index contributed by atoms with van der Waals surface area (Å²) < 4.78 is 5.23. The van der Waals surface area contributed by atoms with Gasteiger partial charge in [-0.3, -0.25) is 9.89 Å². The minimum atomic E-state index is 0. The second-order valence-electron chi connectivity index (χ2n) is 6.24. The molecule has 1 saturated heterocycles. The van der Waals surface area contributed by atoms with E-state index in [-0.39, 0.29) is 29.7 Å². The summed E-state index contributed by atoms with van der Waals surface area (Å²) >= 11 is 1.81. The van der Waals surface area contributed by atoms with E-state index < -0.39 is 0 Å². The third kappa shape index (κ3) is 5.98. The average Bonchev–Trinajstić information content (AvgIpc) is 3.18. The van der Waals surface area contributed by atoms with Gasteiger partial charge in [-0.15, -0.1) is 35.3 Å². The van der Waals surface area contributed by atoms with Crippen LogP contribution in [0.25, 0.3) is 0 Å². The van der Waals surface area contributed by atoms with Crippen molar-refractivity contribution in [2.75, 3.05) is 40.3 Å². The average molecular weight is 502 g/mol. The lowest BCUT2D eigenvalue weighted by molar-refractivity contribution is 0.173. The highest BCUT2D eigenvalue weighted by atomic mass is 127. The Morgan fingerprint density at radius 1 is 1.26 bits per heavy atom. The number of phenols is 1. The van der Waals surface area contributed by atoms with E-state index in [9.17, 15) is 5.11 Å². The van der Waals surface area contributed by atoms with Gasteiger partial charge in [0.15, 0.2) is 5.96 Å². The quantitative estimate of drug-likeness (QED) is 0.374. The van der Waals surface area contributed by atoms with Crippen LogP contribution in [0.3, 0.4) is 0 Å². The normalized spacial score (nSPS) is 15.3. The SMILES string of the molecule is CN=C(NCc1cc(OC)ccc1O)N1CCN(Cc2cccs2)CC1.I. The van der Waals surface area contributed by atoms with Gasteiger partial charge in [-0.2, -0.15) is 0 Å². The van der Waals surface area contributed by atoms with E-state index in [0.29, 0.717) is 6.54 Å². The van der Waals surface area contributed by atoms with Gasteiger partial charge < -0.3 is 20.1 Å². The van der Waals surface area contributed by atoms with Gasteiger partial charge in [0, 0.05) is 56.8 Å². The fourth-order valence-corrected chi connectivity index (χ4v) is 3.82. The Morgan fingerprint density at radius 2 is 2.04 bits per heavy atom. The van der Waals surface area contributed by atoms with E-state index in [2.05, 4.69) is 37.6 Å². The van der Waals surface area contributed by atoms with Gasteiger partial charge in [0.1, 0.15) is 11.5 Å². The van der Waals surface area contributed by atoms with E-state index in [4.69, 9.17) is 4.74 Å². The largest absolute Gasteiger partial charge is 0.508 e. The van der Waals surface area contributed by atoms with Crippen molar-refractivity contribution in [3.63, 3.8) is 0 Å². The second-order valence-corrected chi connectivity index (χ2v) is 7.27. The van der Waals surface area contributed by atoms with Crippen molar-refractivity contribution in [2.45, 2.75) is 13.1 Å². The summed E-state index contributed by atoms with van der Waals surface area (Å²) in [5, 5.41) is 15.5. The number of aliphatic imine (C=N–C) groups is 1. The Labute approximate surface area is 181 Å². The highest BCUT2D eigenvalue weighted by Gasteiger charge is 2.20. The topological polar surface area (TPSA) is 60.3 Å². The molecule has 148 valence electrons. The standard InChI is InChI=1S/C19H26N4O2S.HI/c1-20-19(21-13-15-12-16(25-2)5-6-18(15)24)23-9-7-22(8-10-23)14-17-4-3-11-26-17;/h3-6,11-12,24H,7-10,13-14H2,1-2H3,(H,20,21);1H. The van der Waals surface area contributed by atoms with E-state index in [1.165, 1.54) is 4.88 Å². The van der Waals surface area contributed by atoms with Gasteiger partial charge in [-0.1, -0.05) is 6.07 Å². The summed E-state index contributed by atoms with van der Waals surface area (Å²) in [5.74, 6) is 1.86. The van der Waals surface area contributed by atoms with Crippen molar-refractivity contribution in [3.8, 4) is 11.5 Å². The van der Waals surface area contributed by atoms with Crippen LogP contribution in [0.5, 0.6) is 11.5 Å². The van der Waals surface area contributed by atoms with Crippen molar-refractivity contribution in [3.05, 3.63) is 46.2 Å². The summed E-state index contributed by atoms with van der Waals surface area (Å²) in [5.41, 5.74) is 0.793. The minimum absolute atomic E-state index is 0. The third-order valence-electron chi connectivity index (χ3n) is 4.57. The van der Waals surface area contributed by atoms with Crippen LogP contribution in [-0.2, 0) is 13.1 Å². The van der Waals surface area contributed by atoms with Crippen molar-refractivity contribution < 1.29 is 9.84 Å². The number of hydrogen-bond donors (Lipinski definition) is 2. The Balaban J connectivity index is 0.00000261. The number of nitrogens with one attached hydrogen (secondary N) is 1. The number of aromatic hydroxyl groups is 1. The number of halogens is 1. The molecule has 1 aromatic carbocycles. The molecule has 0 spiro atoms. The molecule has 0 atom stereocenters. The molecule has 0 saturated carbocycles. The number of ether oxygens (including phenoxy) is 1. The number of phenolic OH excluding ortho intramolecular Hbond substituents is 1. The molecule has 2 heterocycles.